The number of oxazole rings is 1. The lowest BCUT2D eigenvalue weighted by atomic mass is 9.98. The van der Waals surface area contributed by atoms with Crippen LogP contribution in [0.15, 0.2) is 59.2 Å². The number of nitrogens with one attached hydrogen (secondary N) is 1. The van der Waals surface area contributed by atoms with Crippen LogP contribution in [-0.4, -0.2) is 53.6 Å². The molecule has 3 aromatic rings. The smallest absolute Gasteiger partial charge is 0.275 e. The molecule has 0 bridgehead atoms. The molecule has 0 saturated carbocycles. The van der Waals surface area contributed by atoms with E-state index in [2.05, 4.69) is 10.3 Å². The van der Waals surface area contributed by atoms with Crippen molar-refractivity contribution in [2.75, 3.05) is 26.8 Å². The summed E-state index contributed by atoms with van der Waals surface area (Å²) in [5, 5.41) is 12.2. The summed E-state index contributed by atoms with van der Waals surface area (Å²) in [6, 6.07) is 14.9. The van der Waals surface area contributed by atoms with Gasteiger partial charge in [-0.05, 0) is 54.2 Å². The number of carbonyl (C=O) groups is 2. The van der Waals surface area contributed by atoms with Gasteiger partial charge in [-0.1, -0.05) is 24.3 Å². The molecule has 1 fully saturated rings. The average molecular weight is 464 g/mol. The van der Waals surface area contributed by atoms with E-state index in [1.54, 1.807) is 12.0 Å². The molecule has 8 nitrogen and oxygen atoms in total. The second-order valence-electron chi connectivity index (χ2n) is 8.45. The number of nitrogens with zero attached hydrogens (tertiary/aromatic N) is 2. The zero-order chi connectivity index (χ0) is 23.9. The molecule has 0 unspecified atom stereocenters. The summed E-state index contributed by atoms with van der Waals surface area (Å²) in [5.41, 5.74) is 2.90. The number of hydrogen-bond acceptors (Lipinski definition) is 6. The van der Waals surface area contributed by atoms with Gasteiger partial charge in [0.1, 0.15) is 12.0 Å². The first-order valence-corrected chi connectivity index (χ1v) is 11.4. The molecular formula is C26H29N3O5. The number of likely N-dealkylation sites (tertiary alicyclic amines) is 1. The lowest BCUT2D eigenvalue weighted by Crippen LogP contribution is -2.39. The van der Waals surface area contributed by atoms with Gasteiger partial charge in [0.25, 0.3) is 5.91 Å². The van der Waals surface area contributed by atoms with E-state index >= 15 is 0 Å². The average Bonchev–Trinajstić information content (AvgIpc) is 3.38. The van der Waals surface area contributed by atoms with Crippen LogP contribution in [-0.2, 0) is 17.8 Å². The fraction of sp³-hybridized carbons (Fsp3) is 0.346. The third-order valence-electron chi connectivity index (χ3n) is 6.10. The highest BCUT2D eigenvalue weighted by atomic mass is 16.5. The number of piperidine rings is 1. The minimum Gasteiger partial charge on any atom is -0.497 e. The molecule has 34 heavy (non-hydrogen) atoms. The van der Waals surface area contributed by atoms with Crippen LogP contribution in [0.1, 0.15) is 34.5 Å². The summed E-state index contributed by atoms with van der Waals surface area (Å²) in [7, 11) is 1.61. The lowest BCUT2D eigenvalue weighted by Gasteiger charge is -2.30. The molecule has 2 aromatic carbocycles. The predicted molar refractivity (Wildman–Crippen MR) is 126 cm³/mol. The van der Waals surface area contributed by atoms with Gasteiger partial charge in [-0.25, -0.2) is 4.98 Å². The fourth-order valence-corrected chi connectivity index (χ4v) is 3.94. The highest BCUT2D eigenvalue weighted by Crippen LogP contribution is 2.22. The molecule has 2 heterocycles. The Hall–Kier alpha value is -3.65. The Morgan fingerprint density at radius 1 is 1.09 bits per heavy atom. The van der Waals surface area contributed by atoms with E-state index in [1.807, 2.05) is 48.5 Å². The molecule has 2 N–H and O–H groups in total. The van der Waals surface area contributed by atoms with Gasteiger partial charge >= 0.3 is 0 Å². The Morgan fingerprint density at radius 3 is 2.41 bits per heavy atom. The Kier molecular flexibility index (Phi) is 7.59. The maximum Gasteiger partial charge on any atom is 0.275 e. The molecule has 0 atom stereocenters. The molecule has 0 spiro atoms. The predicted octanol–water partition coefficient (Wildman–Crippen LogP) is 3.05. The van der Waals surface area contributed by atoms with Crippen LogP contribution < -0.4 is 10.1 Å². The zero-order valence-corrected chi connectivity index (χ0v) is 19.2. The van der Waals surface area contributed by atoms with Crippen molar-refractivity contribution in [3.05, 3.63) is 71.6 Å². The van der Waals surface area contributed by atoms with Crippen molar-refractivity contribution in [3.8, 4) is 17.2 Å². The fourth-order valence-electron chi connectivity index (χ4n) is 3.94. The quantitative estimate of drug-likeness (QED) is 0.532. The number of amides is 2. The third kappa shape index (κ3) is 5.82. The molecule has 0 aliphatic carbocycles. The molecular weight excluding hydrogens is 434 g/mol. The normalized spacial score (nSPS) is 14.1. The highest BCUT2D eigenvalue weighted by molar-refractivity contribution is 5.92. The minimum absolute atomic E-state index is 0.0619. The summed E-state index contributed by atoms with van der Waals surface area (Å²) >= 11 is 0. The molecule has 178 valence electrons. The van der Waals surface area contributed by atoms with E-state index in [0.29, 0.717) is 31.9 Å². The number of aliphatic hydroxyl groups excluding tert-OH is 1. The van der Waals surface area contributed by atoms with Gasteiger partial charge in [-0.2, -0.15) is 0 Å². The summed E-state index contributed by atoms with van der Waals surface area (Å²) in [4.78, 5) is 31.1. The van der Waals surface area contributed by atoms with E-state index < -0.39 is 0 Å². The first-order valence-electron chi connectivity index (χ1n) is 11.4. The second-order valence-corrected chi connectivity index (χ2v) is 8.45. The van der Waals surface area contributed by atoms with Crippen molar-refractivity contribution < 1.29 is 23.8 Å². The van der Waals surface area contributed by atoms with Gasteiger partial charge in [0, 0.05) is 31.8 Å². The van der Waals surface area contributed by atoms with Crippen molar-refractivity contribution in [1.29, 1.82) is 0 Å². The number of methoxy groups -OCH3 is 1. The number of ether oxygens (including phenoxy) is 1. The molecule has 1 aliphatic rings. The van der Waals surface area contributed by atoms with Gasteiger partial charge in [0.2, 0.25) is 11.8 Å². The van der Waals surface area contributed by atoms with Crippen LogP contribution in [0.2, 0.25) is 0 Å². The van der Waals surface area contributed by atoms with Crippen LogP contribution in [0.3, 0.4) is 0 Å². The van der Waals surface area contributed by atoms with Crippen LogP contribution in [0.4, 0.5) is 0 Å². The minimum atomic E-state index is -0.150. The first kappa shape index (κ1) is 23.5. The maximum absolute atomic E-state index is 12.7. The summed E-state index contributed by atoms with van der Waals surface area (Å²) in [5.74, 6) is 1.19. The summed E-state index contributed by atoms with van der Waals surface area (Å²) < 4.78 is 10.7. The van der Waals surface area contributed by atoms with Gasteiger partial charge in [0.15, 0.2) is 5.69 Å². The Morgan fingerprint density at radius 2 is 1.76 bits per heavy atom. The number of carbonyl (C=O) groups excluding carboxylic acids is 2. The Bertz CT molecular complexity index is 1100. The first-order chi connectivity index (χ1) is 16.6. The van der Waals surface area contributed by atoms with Crippen molar-refractivity contribution in [2.24, 2.45) is 5.92 Å². The molecule has 8 heteroatoms. The van der Waals surface area contributed by atoms with Crippen LogP contribution in [0.5, 0.6) is 5.75 Å². The second kappa shape index (κ2) is 11.0. The molecule has 1 saturated heterocycles. The SMILES string of the molecule is COc1ccc(CC(=O)NCc2ccc(-c3nc(C(=O)N4CCC(CO)CC4)co3)cc2)cc1. The van der Waals surface area contributed by atoms with E-state index in [1.165, 1.54) is 6.26 Å². The van der Waals surface area contributed by atoms with Gasteiger partial charge < -0.3 is 24.5 Å². The number of benzene rings is 2. The Balaban J connectivity index is 1.29. The largest absolute Gasteiger partial charge is 0.497 e. The summed E-state index contributed by atoms with van der Waals surface area (Å²) in [6.07, 6.45) is 3.28. The van der Waals surface area contributed by atoms with Crippen molar-refractivity contribution in [3.63, 3.8) is 0 Å². The highest BCUT2D eigenvalue weighted by Gasteiger charge is 2.25. The van der Waals surface area contributed by atoms with Gasteiger partial charge in [-0.3, -0.25) is 9.59 Å². The molecule has 0 radical (unpaired) electrons. The summed E-state index contributed by atoms with van der Waals surface area (Å²) in [6.45, 7) is 1.81. The van der Waals surface area contributed by atoms with Crippen LogP contribution >= 0.6 is 0 Å². The van der Waals surface area contributed by atoms with Crippen molar-refractivity contribution >= 4 is 11.8 Å². The van der Waals surface area contributed by atoms with Crippen molar-refractivity contribution in [2.45, 2.75) is 25.8 Å². The van der Waals surface area contributed by atoms with E-state index in [-0.39, 0.29) is 30.0 Å². The third-order valence-corrected chi connectivity index (χ3v) is 6.10. The number of rotatable bonds is 8. The molecule has 2 amide bonds. The Labute approximate surface area is 198 Å². The number of aromatic nitrogens is 1. The van der Waals surface area contributed by atoms with Gasteiger partial charge in [-0.15, -0.1) is 0 Å². The molecule has 1 aliphatic heterocycles. The molecule has 4 rings (SSSR count). The number of hydrogen-bond donors (Lipinski definition) is 2. The standard InChI is InChI=1S/C26H29N3O5/c1-33-22-8-4-18(5-9-22)14-24(31)27-15-19-2-6-21(7-3-19)25-28-23(17-34-25)26(32)29-12-10-20(16-30)11-13-29/h2-9,17,20,30H,10-16H2,1H3,(H,27,31). The van der Waals surface area contributed by atoms with Crippen LogP contribution in [0, 0.1) is 5.92 Å². The van der Waals surface area contributed by atoms with E-state index in [0.717, 1.165) is 35.3 Å². The maximum atomic E-state index is 12.7. The van der Waals surface area contributed by atoms with E-state index in [9.17, 15) is 14.7 Å². The van der Waals surface area contributed by atoms with Gasteiger partial charge in [0.05, 0.1) is 13.5 Å². The number of aliphatic hydroxyl groups is 1. The topological polar surface area (TPSA) is 105 Å². The van der Waals surface area contributed by atoms with E-state index in [4.69, 9.17) is 9.15 Å². The lowest BCUT2D eigenvalue weighted by molar-refractivity contribution is -0.120. The molecule has 1 aromatic heterocycles. The zero-order valence-electron chi connectivity index (χ0n) is 19.2. The van der Waals surface area contributed by atoms with Crippen LogP contribution in [0.25, 0.3) is 11.5 Å². The monoisotopic (exact) mass is 463 g/mol. The van der Waals surface area contributed by atoms with Crippen molar-refractivity contribution in [1.82, 2.24) is 15.2 Å².